The molecule has 0 spiro atoms. The summed E-state index contributed by atoms with van der Waals surface area (Å²) in [5.74, 6) is 0.487. The zero-order chi connectivity index (χ0) is 18.8. The molecule has 0 bridgehead atoms. The van der Waals surface area contributed by atoms with Gasteiger partial charge >= 0.3 is 0 Å². The van der Waals surface area contributed by atoms with Crippen molar-refractivity contribution in [1.82, 2.24) is 4.57 Å². The van der Waals surface area contributed by atoms with Crippen molar-refractivity contribution in [3.63, 3.8) is 0 Å². The predicted molar refractivity (Wildman–Crippen MR) is 94.1 cm³/mol. The summed E-state index contributed by atoms with van der Waals surface area (Å²) in [7, 11) is 1.58. The minimum atomic E-state index is -2.63. The third-order valence-corrected chi connectivity index (χ3v) is 4.66. The normalized spacial score (nSPS) is 17.2. The van der Waals surface area contributed by atoms with Gasteiger partial charge < -0.3 is 14.2 Å². The number of pyridine rings is 1. The van der Waals surface area contributed by atoms with Gasteiger partial charge in [-0.05, 0) is 36.2 Å². The Bertz CT molecular complexity index is 862. The van der Waals surface area contributed by atoms with Gasteiger partial charge in [0.2, 0.25) is 5.91 Å². The molecule has 3 rings (SSSR count). The zero-order valence-corrected chi connectivity index (χ0v) is 14.6. The zero-order valence-electron chi connectivity index (χ0n) is 14.6. The van der Waals surface area contributed by atoms with Gasteiger partial charge in [0.05, 0.1) is 13.7 Å². The fraction of sp³-hybridized carbons (Fsp3) is 0.368. The molecule has 26 heavy (non-hydrogen) atoms. The second-order valence-corrected chi connectivity index (χ2v) is 6.37. The van der Waals surface area contributed by atoms with Gasteiger partial charge in [0.25, 0.3) is 12.0 Å². The molecule has 1 fully saturated rings. The van der Waals surface area contributed by atoms with Crippen molar-refractivity contribution >= 4 is 11.6 Å². The van der Waals surface area contributed by atoms with Crippen LogP contribution in [0.3, 0.4) is 0 Å². The summed E-state index contributed by atoms with van der Waals surface area (Å²) in [5, 5.41) is 0. The van der Waals surface area contributed by atoms with Gasteiger partial charge in [0.15, 0.2) is 0 Å². The minimum Gasteiger partial charge on any atom is -0.497 e. The van der Waals surface area contributed by atoms with Crippen molar-refractivity contribution in [2.24, 2.45) is 0 Å². The number of carbonyl (C=O) groups is 1. The van der Waals surface area contributed by atoms with E-state index in [4.69, 9.17) is 4.74 Å². The summed E-state index contributed by atoms with van der Waals surface area (Å²) in [6, 6.07) is 9.03. The molecule has 1 aromatic carbocycles. The molecule has 1 atom stereocenters. The first-order chi connectivity index (χ1) is 12.4. The number of hydrogen-bond acceptors (Lipinski definition) is 3. The Balaban J connectivity index is 1.90. The SMILES string of the molecule is COc1ccc(C2CC(=O)N(c3c(C)ccn(CC(F)F)c3=O)C2)cc1. The lowest BCUT2D eigenvalue weighted by Gasteiger charge is -2.20. The Morgan fingerprint density at radius 2 is 1.88 bits per heavy atom. The molecule has 1 aliphatic heterocycles. The maximum absolute atomic E-state index is 12.7. The number of anilines is 1. The van der Waals surface area contributed by atoms with Crippen LogP contribution < -0.4 is 15.2 Å². The highest BCUT2D eigenvalue weighted by Crippen LogP contribution is 2.32. The Morgan fingerprint density at radius 3 is 2.50 bits per heavy atom. The highest BCUT2D eigenvalue weighted by Gasteiger charge is 2.34. The van der Waals surface area contributed by atoms with Gasteiger partial charge in [-0.15, -0.1) is 0 Å². The summed E-state index contributed by atoms with van der Waals surface area (Å²) in [6.45, 7) is 1.37. The number of alkyl halides is 2. The quantitative estimate of drug-likeness (QED) is 0.822. The Morgan fingerprint density at radius 1 is 1.19 bits per heavy atom. The van der Waals surface area contributed by atoms with Crippen LogP contribution in [-0.4, -0.2) is 30.6 Å². The summed E-state index contributed by atoms with van der Waals surface area (Å²) in [6.07, 6.45) is -1.02. The number of aromatic nitrogens is 1. The lowest BCUT2D eigenvalue weighted by atomic mass is 9.98. The van der Waals surface area contributed by atoms with Gasteiger partial charge in [0, 0.05) is 25.1 Å². The maximum Gasteiger partial charge on any atom is 0.274 e. The van der Waals surface area contributed by atoms with Gasteiger partial charge in [-0.2, -0.15) is 0 Å². The molecular weight excluding hydrogens is 342 g/mol. The van der Waals surface area contributed by atoms with Crippen LogP contribution >= 0.6 is 0 Å². The van der Waals surface area contributed by atoms with Crippen LogP contribution in [0.15, 0.2) is 41.3 Å². The van der Waals surface area contributed by atoms with Crippen LogP contribution in [0.4, 0.5) is 14.5 Å². The van der Waals surface area contributed by atoms with Crippen molar-refractivity contribution in [2.75, 3.05) is 18.6 Å². The number of methoxy groups -OCH3 is 1. The van der Waals surface area contributed by atoms with Crippen LogP contribution in [-0.2, 0) is 11.3 Å². The second kappa shape index (κ2) is 7.27. The van der Waals surface area contributed by atoms with Gasteiger partial charge in [0.1, 0.15) is 11.4 Å². The molecule has 138 valence electrons. The van der Waals surface area contributed by atoms with E-state index in [2.05, 4.69) is 0 Å². The van der Waals surface area contributed by atoms with Crippen LogP contribution in [0.5, 0.6) is 5.75 Å². The number of nitrogens with zero attached hydrogens (tertiary/aromatic N) is 2. The lowest BCUT2D eigenvalue weighted by Crippen LogP contribution is -2.35. The Hall–Kier alpha value is -2.70. The van der Waals surface area contributed by atoms with E-state index in [-0.39, 0.29) is 23.9 Å². The van der Waals surface area contributed by atoms with Crippen molar-refractivity contribution in [3.05, 3.63) is 58.0 Å². The molecule has 0 saturated carbocycles. The van der Waals surface area contributed by atoms with E-state index in [0.29, 0.717) is 12.1 Å². The van der Waals surface area contributed by atoms with E-state index in [1.54, 1.807) is 20.1 Å². The highest BCUT2D eigenvalue weighted by atomic mass is 19.3. The van der Waals surface area contributed by atoms with Crippen molar-refractivity contribution in [3.8, 4) is 5.75 Å². The third kappa shape index (κ3) is 3.47. The fourth-order valence-corrected chi connectivity index (χ4v) is 3.30. The monoisotopic (exact) mass is 362 g/mol. The number of rotatable bonds is 5. The largest absolute Gasteiger partial charge is 0.497 e. The summed E-state index contributed by atoms with van der Waals surface area (Å²) >= 11 is 0. The molecule has 1 amide bonds. The smallest absolute Gasteiger partial charge is 0.274 e. The lowest BCUT2D eigenvalue weighted by molar-refractivity contribution is -0.117. The number of ether oxygens (including phenoxy) is 1. The first-order valence-corrected chi connectivity index (χ1v) is 8.33. The van der Waals surface area contributed by atoms with Crippen LogP contribution in [0, 0.1) is 6.92 Å². The molecule has 7 heteroatoms. The van der Waals surface area contributed by atoms with E-state index in [0.717, 1.165) is 15.9 Å². The molecule has 1 saturated heterocycles. The van der Waals surface area contributed by atoms with Crippen molar-refractivity contribution < 1.29 is 18.3 Å². The molecule has 5 nitrogen and oxygen atoms in total. The van der Waals surface area contributed by atoms with Crippen molar-refractivity contribution in [2.45, 2.75) is 32.2 Å². The predicted octanol–water partition coefficient (Wildman–Crippen LogP) is 2.95. The molecule has 0 radical (unpaired) electrons. The molecule has 2 aromatic rings. The fourth-order valence-electron chi connectivity index (χ4n) is 3.30. The summed E-state index contributed by atoms with van der Waals surface area (Å²) in [5.41, 5.74) is 1.20. The summed E-state index contributed by atoms with van der Waals surface area (Å²) < 4.78 is 31.5. The number of aryl methyl sites for hydroxylation is 1. The number of hydrogen-bond donors (Lipinski definition) is 0. The maximum atomic E-state index is 12.7. The minimum absolute atomic E-state index is 0.0593. The van der Waals surface area contributed by atoms with E-state index < -0.39 is 18.5 Å². The molecular formula is C19H20F2N2O3. The third-order valence-electron chi connectivity index (χ3n) is 4.66. The van der Waals surface area contributed by atoms with E-state index in [1.807, 2.05) is 24.3 Å². The number of carbonyl (C=O) groups excluding carboxylic acids is 1. The molecule has 0 aliphatic carbocycles. The van der Waals surface area contributed by atoms with Gasteiger partial charge in [-0.1, -0.05) is 12.1 Å². The van der Waals surface area contributed by atoms with E-state index in [9.17, 15) is 18.4 Å². The molecule has 1 aliphatic rings. The van der Waals surface area contributed by atoms with Crippen LogP contribution in [0.2, 0.25) is 0 Å². The summed E-state index contributed by atoms with van der Waals surface area (Å²) in [4.78, 5) is 26.6. The van der Waals surface area contributed by atoms with Crippen molar-refractivity contribution in [1.29, 1.82) is 0 Å². The number of halogens is 2. The molecule has 1 unspecified atom stereocenters. The standard InChI is InChI=1S/C19H20F2N2O3/c1-12-7-8-22(11-16(20)21)19(25)18(12)23-10-14(9-17(23)24)13-3-5-15(26-2)6-4-13/h3-8,14,16H,9-11H2,1-2H3. The number of amides is 1. The average Bonchev–Trinajstić information content (AvgIpc) is 2.99. The van der Waals surface area contributed by atoms with Crippen LogP contribution in [0.1, 0.15) is 23.5 Å². The van der Waals surface area contributed by atoms with Gasteiger partial charge in [-0.3, -0.25) is 9.59 Å². The molecule has 0 N–H and O–H groups in total. The highest BCUT2D eigenvalue weighted by molar-refractivity contribution is 5.97. The first kappa shape index (κ1) is 18.1. The molecule has 2 heterocycles. The average molecular weight is 362 g/mol. The van der Waals surface area contributed by atoms with E-state index >= 15 is 0 Å². The topological polar surface area (TPSA) is 51.5 Å². The Kier molecular flexibility index (Phi) is 5.06. The molecule has 1 aromatic heterocycles. The first-order valence-electron chi connectivity index (χ1n) is 8.33. The Labute approximate surface area is 149 Å². The van der Waals surface area contributed by atoms with Crippen LogP contribution in [0.25, 0.3) is 0 Å². The van der Waals surface area contributed by atoms with E-state index in [1.165, 1.54) is 11.1 Å². The second-order valence-electron chi connectivity index (χ2n) is 6.37. The van der Waals surface area contributed by atoms with Gasteiger partial charge in [-0.25, -0.2) is 8.78 Å². The number of benzene rings is 1.